The van der Waals surface area contributed by atoms with E-state index in [4.69, 9.17) is 9.72 Å². The molecule has 118 valence electrons. The zero-order valence-electron chi connectivity index (χ0n) is 12.9. The highest BCUT2D eigenvalue weighted by atomic mass is 16.5. The number of hydrogen-bond acceptors (Lipinski definition) is 5. The van der Waals surface area contributed by atoms with E-state index in [2.05, 4.69) is 27.4 Å². The van der Waals surface area contributed by atoms with Gasteiger partial charge in [0, 0.05) is 57.2 Å². The van der Waals surface area contributed by atoms with Gasteiger partial charge in [-0.25, -0.2) is 9.50 Å². The third-order valence-corrected chi connectivity index (χ3v) is 4.53. The molecule has 2 aromatic rings. The van der Waals surface area contributed by atoms with Crippen LogP contribution in [0.2, 0.25) is 0 Å². The van der Waals surface area contributed by atoms with E-state index in [1.165, 1.54) is 18.5 Å². The fourth-order valence-electron chi connectivity index (χ4n) is 3.30. The molecule has 4 heterocycles. The number of fused-ring (bicyclic) bond motifs is 1. The van der Waals surface area contributed by atoms with Crippen molar-refractivity contribution in [3.8, 4) is 0 Å². The average Bonchev–Trinajstić information content (AvgIpc) is 2.98. The number of nitrogens with one attached hydrogen (secondary N) is 1. The number of anilines is 1. The van der Waals surface area contributed by atoms with Gasteiger partial charge in [-0.05, 0) is 25.3 Å². The molecule has 1 N–H and O–H groups in total. The lowest BCUT2D eigenvalue weighted by atomic mass is 10.1. The molecule has 2 aliphatic heterocycles. The van der Waals surface area contributed by atoms with Crippen LogP contribution in [-0.4, -0.2) is 53.5 Å². The lowest BCUT2D eigenvalue weighted by Crippen LogP contribution is -2.43. The minimum atomic E-state index is 0.291. The molecule has 0 amide bonds. The van der Waals surface area contributed by atoms with Gasteiger partial charge in [-0.15, -0.1) is 0 Å². The maximum atomic E-state index is 5.79. The Morgan fingerprint density at radius 3 is 3.00 bits per heavy atom. The van der Waals surface area contributed by atoms with E-state index in [9.17, 15) is 0 Å². The van der Waals surface area contributed by atoms with Crippen molar-refractivity contribution in [2.24, 2.45) is 0 Å². The van der Waals surface area contributed by atoms with Gasteiger partial charge in [0.15, 0.2) is 11.5 Å². The van der Waals surface area contributed by atoms with Crippen molar-refractivity contribution in [2.75, 3.05) is 37.7 Å². The number of hydrogen-bond donors (Lipinski definition) is 1. The largest absolute Gasteiger partial charge is 0.378 e. The van der Waals surface area contributed by atoms with Crippen molar-refractivity contribution in [3.05, 3.63) is 24.2 Å². The number of ether oxygens (including phenoxy) is 1. The smallest absolute Gasteiger partial charge is 0.157 e. The molecule has 4 rings (SSSR count). The van der Waals surface area contributed by atoms with Gasteiger partial charge in [0.2, 0.25) is 0 Å². The van der Waals surface area contributed by atoms with E-state index in [0.29, 0.717) is 6.10 Å². The SMILES string of the molecule is c1cn2nc(CC3CCCCO3)nc2cc1N1CCNCC1. The monoisotopic (exact) mass is 301 g/mol. The lowest BCUT2D eigenvalue weighted by Gasteiger charge is -2.29. The van der Waals surface area contributed by atoms with Crippen LogP contribution in [0.1, 0.15) is 25.1 Å². The van der Waals surface area contributed by atoms with Crippen LogP contribution in [0.5, 0.6) is 0 Å². The molecular formula is C16H23N5O. The van der Waals surface area contributed by atoms with Crippen molar-refractivity contribution in [1.29, 1.82) is 0 Å². The zero-order valence-corrected chi connectivity index (χ0v) is 12.9. The fraction of sp³-hybridized carbons (Fsp3) is 0.625. The second kappa shape index (κ2) is 6.22. The number of pyridine rings is 1. The molecule has 2 fully saturated rings. The molecule has 1 unspecified atom stereocenters. The van der Waals surface area contributed by atoms with Crippen LogP contribution in [0.4, 0.5) is 5.69 Å². The molecule has 6 nitrogen and oxygen atoms in total. The maximum absolute atomic E-state index is 5.79. The topological polar surface area (TPSA) is 54.7 Å². The van der Waals surface area contributed by atoms with Gasteiger partial charge < -0.3 is 15.0 Å². The van der Waals surface area contributed by atoms with Crippen LogP contribution in [-0.2, 0) is 11.2 Å². The highest BCUT2D eigenvalue weighted by molar-refractivity contribution is 5.56. The van der Waals surface area contributed by atoms with E-state index in [1.807, 2.05) is 10.7 Å². The summed E-state index contributed by atoms with van der Waals surface area (Å²) in [5.41, 5.74) is 2.17. The summed E-state index contributed by atoms with van der Waals surface area (Å²) in [6, 6.07) is 4.28. The summed E-state index contributed by atoms with van der Waals surface area (Å²) in [5.74, 6) is 0.893. The number of piperazine rings is 1. The minimum absolute atomic E-state index is 0.291. The number of nitrogens with zero attached hydrogens (tertiary/aromatic N) is 4. The Kier molecular flexibility index (Phi) is 3.95. The van der Waals surface area contributed by atoms with Gasteiger partial charge in [0.1, 0.15) is 0 Å². The van der Waals surface area contributed by atoms with Gasteiger partial charge in [-0.2, -0.15) is 5.10 Å². The molecule has 0 aliphatic carbocycles. The van der Waals surface area contributed by atoms with Crippen molar-refractivity contribution in [1.82, 2.24) is 19.9 Å². The summed E-state index contributed by atoms with van der Waals surface area (Å²) >= 11 is 0. The average molecular weight is 301 g/mol. The first kappa shape index (κ1) is 14.0. The lowest BCUT2D eigenvalue weighted by molar-refractivity contribution is 0.0157. The van der Waals surface area contributed by atoms with Gasteiger partial charge in [0.05, 0.1) is 6.10 Å². The molecule has 1 atom stereocenters. The Morgan fingerprint density at radius 2 is 2.18 bits per heavy atom. The van der Waals surface area contributed by atoms with Crippen molar-refractivity contribution in [3.63, 3.8) is 0 Å². The molecule has 0 bridgehead atoms. The predicted octanol–water partition coefficient (Wildman–Crippen LogP) is 1.25. The van der Waals surface area contributed by atoms with E-state index < -0.39 is 0 Å². The third-order valence-electron chi connectivity index (χ3n) is 4.53. The molecule has 2 saturated heterocycles. The van der Waals surface area contributed by atoms with Gasteiger partial charge in [-0.1, -0.05) is 0 Å². The molecular weight excluding hydrogens is 278 g/mol. The highest BCUT2D eigenvalue weighted by Gasteiger charge is 2.17. The van der Waals surface area contributed by atoms with Crippen LogP contribution in [0, 0.1) is 0 Å². The quantitative estimate of drug-likeness (QED) is 0.925. The molecule has 2 aromatic heterocycles. The fourth-order valence-corrected chi connectivity index (χ4v) is 3.30. The first-order valence-corrected chi connectivity index (χ1v) is 8.31. The number of rotatable bonds is 3. The van der Waals surface area contributed by atoms with Crippen LogP contribution in [0.15, 0.2) is 18.3 Å². The highest BCUT2D eigenvalue weighted by Crippen LogP contribution is 2.19. The number of aromatic nitrogens is 3. The first-order valence-electron chi connectivity index (χ1n) is 8.31. The summed E-state index contributed by atoms with van der Waals surface area (Å²) in [7, 11) is 0. The second-order valence-corrected chi connectivity index (χ2v) is 6.15. The Hall–Kier alpha value is -1.66. The summed E-state index contributed by atoms with van der Waals surface area (Å²) in [5, 5.41) is 7.97. The van der Waals surface area contributed by atoms with Gasteiger partial charge >= 0.3 is 0 Å². The molecule has 0 saturated carbocycles. The summed E-state index contributed by atoms with van der Waals surface area (Å²) in [6.07, 6.45) is 6.70. The molecule has 0 aromatic carbocycles. The van der Waals surface area contributed by atoms with Gasteiger partial charge in [0.25, 0.3) is 0 Å². The third kappa shape index (κ3) is 2.94. The van der Waals surface area contributed by atoms with E-state index in [-0.39, 0.29) is 0 Å². The van der Waals surface area contributed by atoms with Gasteiger partial charge in [-0.3, -0.25) is 0 Å². The van der Waals surface area contributed by atoms with Crippen LogP contribution < -0.4 is 10.2 Å². The Balaban J connectivity index is 1.52. The minimum Gasteiger partial charge on any atom is -0.378 e. The van der Waals surface area contributed by atoms with E-state index in [0.717, 1.165) is 57.1 Å². The molecule has 0 radical (unpaired) electrons. The zero-order chi connectivity index (χ0) is 14.8. The molecule has 0 spiro atoms. The molecule has 2 aliphatic rings. The normalized spacial score (nSPS) is 23.1. The van der Waals surface area contributed by atoms with E-state index >= 15 is 0 Å². The van der Waals surface area contributed by atoms with Crippen molar-refractivity contribution < 1.29 is 4.74 Å². The van der Waals surface area contributed by atoms with E-state index in [1.54, 1.807) is 0 Å². The second-order valence-electron chi connectivity index (χ2n) is 6.15. The Labute approximate surface area is 130 Å². The summed E-state index contributed by atoms with van der Waals surface area (Å²) in [4.78, 5) is 7.09. The first-order chi connectivity index (χ1) is 10.9. The van der Waals surface area contributed by atoms with Crippen molar-refractivity contribution in [2.45, 2.75) is 31.8 Å². The Morgan fingerprint density at radius 1 is 1.27 bits per heavy atom. The van der Waals surface area contributed by atoms with Crippen molar-refractivity contribution >= 4 is 11.3 Å². The maximum Gasteiger partial charge on any atom is 0.157 e. The predicted molar refractivity (Wildman–Crippen MR) is 85.4 cm³/mol. The molecule has 6 heteroatoms. The standard InChI is InChI=1S/C16H23N5O/c1-2-10-22-14(3-1)12-15-18-16-11-13(4-7-21(16)19-15)20-8-5-17-6-9-20/h4,7,11,14,17H,1-3,5-6,8-10,12H2. The van der Waals surface area contributed by atoms with Crippen LogP contribution in [0.3, 0.4) is 0 Å². The van der Waals surface area contributed by atoms with Crippen LogP contribution >= 0.6 is 0 Å². The van der Waals surface area contributed by atoms with Crippen LogP contribution in [0.25, 0.3) is 5.65 Å². The molecule has 22 heavy (non-hydrogen) atoms. The summed E-state index contributed by atoms with van der Waals surface area (Å²) < 4.78 is 7.67. The Bertz CT molecular complexity index is 628. The summed E-state index contributed by atoms with van der Waals surface area (Å²) in [6.45, 7) is 5.07.